The van der Waals surface area contributed by atoms with Crippen LogP contribution in [0.1, 0.15) is 19.4 Å². The second kappa shape index (κ2) is 6.69. The Labute approximate surface area is 95.8 Å². The van der Waals surface area contributed by atoms with Crippen molar-refractivity contribution in [2.75, 3.05) is 0 Å². The first-order chi connectivity index (χ1) is 7.90. The fourth-order valence-electron chi connectivity index (χ4n) is 1.26. The Kier molecular flexibility index (Phi) is 5.16. The highest BCUT2D eigenvalue weighted by Crippen LogP contribution is 2.15. The van der Waals surface area contributed by atoms with E-state index in [-0.39, 0.29) is 6.61 Å². The first kappa shape index (κ1) is 12.3. The van der Waals surface area contributed by atoms with Crippen molar-refractivity contribution in [2.24, 2.45) is 0 Å². The number of rotatable bonds is 2. The van der Waals surface area contributed by atoms with Crippen molar-refractivity contribution in [3.8, 4) is 11.4 Å². The first-order valence-corrected chi connectivity index (χ1v) is 5.37. The van der Waals surface area contributed by atoms with Gasteiger partial charge in [0, 0.05) is 18.0 Å². The van der Waals surface area contributed by atoms with Crippen LogP contribution in [0.2, 0.25) is 0 Å². The molecular weight excluding hydrogens is 200 g/mol. The van der Waals surface area contributed by atoms with E-state index in [1.807, 2.05) is 38.1 Å². The van der Waals surface area contributed by atoms with Crippen molar-refractivity contribution in [3.63, 3.8) is 0 Å². The van der Waals surface area contributed by atoms with Crippen LogP contribution in [0.3, 0.4) is 0 Å². The molecule has 16 heavy (non-hydrogen) atoms. The molecule has 0 fully saturated rings. The van der Waals surface area contributed by atoms with Crippen LogP contribution in [0.15, 0.2) is 42.7 Å². The Morgan fingerprint density at radius 1 is 1.06 bits per heavy atom. The zero-order valence-corrected chi connectivity index (χ0v) is 9.59. The Hall–Kier alpha value is -1.74. The van der Waals surface area contributed by atoms with Crippen LogP contribution in [0.25, 0.3) is 11.4 Å². The van der Waals surface area contributed by atoms with E-state index in [4.69, 9.17) is 5.11 Å². The van der Waals surface area contributed by atoms with Crippen molar-refractivity contribution in [1.29, 1.82) is 0 Å². The third-order valence-corrected chi connectivity index (χ3v) is 1.93. The summed E-state index contributed by atoms with van der Waals surface area (Å²) in [5.74, 6) is 0.683. The largest absolute Gasteiger partial charge is 0.392 e. The second-order valence-corrected chi connectivity index (χ2v) is 2.93. The van der Waals surface area contributed by atoms with Gasteiger partial charge in [0.25, 0.3) is 0 Å². The Morgan fingerprint density at radius 2 is 1.75 bits per heavy atom. The summed E-state index contributed by atoms with van der Waals surface area (Å²) in [5.41, 5.74) is 1.80. The van der Waals surface area contributed by atoms with Crippen LogP contribution in [0.4, 0.5) is 0 Å². The lowest BCUT2D eigenvalue weighted by Crippen LogP contribution is -1.88. The highest BCUT2D eigenvalue weighted by Gasteiger charge is 1.99. The predicted molar refractivity (Wildman–Crippen MR) is 64.7 cm³/mol. The van der Waals surface area contributed by atoms with Crippen molar-refractivity contribution in [1.82, 2.24) is 9.97 Å². The number of aromatic nitrogens is 2. The van der Waals surface area contributed by atoms with Crippen LogP contribution >= 0.6 is 0 Å². The van der Waals surface area contributed by atoms with Gasteiger partial charge < -0.3 is 5.11 Å². The van der Waals surface area contributed by atoms with Gasteiger partial charge in [-0.15, -0.1) is 0 Å². The van der Waals surface area contributed by atoms with E-state index in [1.54, 1.807) is 18.5 Å². The van der Waals surface area contributed by atoms with E-state index in [1.165, 1.54) is 0 Å². The Morgan fingerprint density at radius 3 is 2.38 bits per heavy atom. The van der Waals surface area contributed by atoms with E-state index in [0.717, 1.165) is 11.1 Å². The highest BCUT2D eigenvalue weighted by atomic mass is 16.3. The van der Waals surface area contributed by atoms with E-state index in [2.05, 4.69) is 9.97 Å². The lowest BCUT2D eigenvalue weighted by Gasteiger charge is -2.00. The van der Waals surface area contributed by atoms with E-state index < -0.39 is 0 Å². The number of benzene rings is 1. The Balaban J connectivity index is 0.000000606. The average Bonchev–Trinajstić information content (AvgIpc) is 2.42. The van der Waals surface area contributed by atoms with Crippen LogP contribution in [0, 0.1) is 0 Å². The lowest BCUT2D eigenvalue weighted by molar-refractivity contribution is 0.282. The topological polar surface area (TPSA) is 46.0 Å². The zero-order valence-electron chi connectivity index (χ0n) is 9.59. The molecular formula is C13H16N2O. The standard InChI is InChI=1S/C11H10N2O.C2H6/c14-8-9-3-1-4-10(7-9)11-12-5-2-6-13-11;1-2/h1-7,14H,8H2;1-2H3. The molecule has 0 aliphatic carbocycles. The molecule has 2 aromatic rings. The minimum atomic E-state index is 0.0423. The molecule has 0 spiro atoms. The minimum absolute atomic E-state index is 0.0423. The normalized spacial score (nSPS) is 9.19. The molecule has 0 bridgehead atoms. The number of hydrogen-bond acceptors (Lipinski definition) is 3. The molecule has 0 saturated carbocycles. The van der Waals surface area contributed by atoms with Gasteiger partial charge in [0.2, 0.25) is 0 Å². The maximum Gasteiger partial charge on any atom is 0.159 e. The third kappa shape index (κ3) is 3.14. The molecule has 0 unspecified atom stereocenters. The molecule has 1 aromatic heterocycles. The Bertz CT molecular complexity index is 415. The summed E-state index contributed by atoms with van der Waals surface area (Å²) in [7, 11) is 0. The summed E-state index contributed by atoms with van der Waals surface area (Å²) in [6.07, 6.45) is 3.40. The summed E-state index contributed by atoms with van der Waals surface area (Å²) in [6, 6.07) is 9.34. The summed E-state index contributed by atoms with van der Waals surface area (Å²) >= 11 is 0. The second-order valence-electron chi connectivity index (χ2n) is 2.93. The molecule has 2 rings (SSSR count). The molecule has 3 heteroatoms. The number of aliphatic hydroxyl groups excluding tert-OH is 1. The van der Waals surface area contributed by atoms with Crippen LogP contribution in [-0.2, 0) is 6.61 Å². The van der Waals surface area contributed by atoms with E-state index in [9.17, 15) is 0 Å². The van der Waals surface area contributed by atoms with Gasteiger partial charge in [-0.05, 0) is 17.7 Å². The van der Waals surface area contributed by atoms with Crippen LogP contribution in [0.5, 0.6) is 0 Å². The van der Waals surface area contributed by atoms with Gasteiger partial charge in [0.1, 0.15) is 0 Å². The van der Waals surface area contributed by atoms with E-state index in [0.29, 0.717) is 5.82 Å². The molecule has 1 aromatic carbocycles. The first-order valence-electron chi connectivity index (χ1n) is 5.37. The minimum Gasteiger partial charge on any atom is -0.392 e. The highest BCUT2D eigenvalue weighted by molar-refractivity contribution is 5.55. The number of hydrogen-bond donors (Lipinski definition) is 1. The summed E-state index contributed by atoms with van der Waals surface area (Å²) in [5, 5.41) is 8.97. The van der Waals surface area contributed by atoms with Crippen LogP contribution < -0.4 is 0 Å². The summed E-state index contributed by atoms with van der Waals surface area (Å²) < 4.78 is 0. The van der Waals surface area contributed by atoms with Crippen molar-refractivity contribution < 1.29 is 5.11 Å². The number of nitrogens with zero attached hydrogens (tertiary/aromatic N) is 2. The quantitative estimate of drug-likeness (QED) is 0.839. The van der Waals surface area contributed by atoms with Gasteiger partial charge in [-0.3, -0.25) is 0 Å². The van der Waals surface area contributed by atoms with E-state index >= 15 is 0 Å². The van der Waals surface area contributed by atoms with Gasteiger partial charge in [-0.2, -0.15) is 0 Å². The lowest BCUT2D eigenvalue weighted by atomic mass is 10.1. The average molecular weight is 216 g/mol. The number of aliphatic hydroxyl groups is 1. The van der Waals surface area contributed by atoms with Gasteiger partial charge in [-0.1, -0.05) is 32.0 Å². The molecule has 3 nitrogen and oxygen atoms in total. The molecule has 0 aliphatic rings. The fraction of sp³-hybridized carbons (Fsp3) is 0.231. The molecule has 84 valence electrons. The maximum atomic E-state index is 8.97. The summed E-state index contributed by atoms with van der Waals surface area (Å²) in [4.78, 5) is 8.26. The molecule has 0 atom stereocenters. The SMILES string of the molecule is CC.OCc1cccc(-c2ncccn2)c1. The van der Waals surface area contributed by atoms with Crippen LogP contribution in [-0.4, -0.2) is 15.1 Å². The molecule has 1 N–H and O–H groups in total. The monoisotopic (exact) mass is 216 g/mol. The molecule has 1 heterocycles. The fourth-order valence-corrected chi connectivity index (χ4v) is 1.26. The smallest absolute Gasteiger partial charge is 0.159 e. The molecule has 0 aliphatic heterocycles. The van der Waals surface area contributed by atoms with Gasteiger partial charge in [0.15, 0.2) is 5.82 Å². The molecule has 0 radical (unpaired) electrons. The summed E-state index contributed by atoms with van der Waals surface area (Å²) in [6.45, 7) is 4.04. The van der Waals surface area contributed by atoms with Crippen molar-refractivity contribution >= 4 is 0 Å². The van der Waals surface area contributed by atoms with Crippen molar-refractivity contribution in [2.45, 2.75) is 20.5 Å². The molecule has 0 amide bonds. The van der Waals surface area contributed by atoms with Gasteiger partial charge in [-0.25, -0.2) is 9.97 Å². The zero-order chi connectivity index (χ0) is 11.8. The maximum absolute atomic E-state index is 8.97. The third-order valence-electron chi connectivity index (χ3n) is 1.93. The van der Waals surface area contributed by atoms with Crippen molar-refractivity contribution in [3.05, 3.63) is 48.3 Å². The molecule has 0 saturated heterocycles. The van der Waals surface area contributed by atoms with Gasteiger partial charge in [0.05, 0.1) is 6.61 Å². The predicted octanol–water partition coefficient (Wildman–Crippen LogP) is 2.66. The van der Waals surface area contributed by atoms with Gasteiger partial charge >= 0.3 is 0 Å².